The van der Waals surface area contributed by atoms with Gasteiger partial charge in [0.1, 0.15) is 0 Å². The molecule has 0 aromatic carbocycles. The van der Waals surface area contributed by atoms with Crippen molar-refractivity contribution in [3.8, 4) is 0 Å². The SMILES string of the molecule is CCCOCOC=O. The molecule has 0 rings (SSSR count). The molecule has 48 valence electrons. The summed E-state index contributed by atoms with van der Waals surface area (Å²) >= 11 is 0. The highest BCUT2D eigenvalue weighted by molar-refractivity contribution is 5.36. The van der Waals surface area contributed by atoms with Crippen LogP contribution in [0.15, 0.2) is 0 Å². The predicted molar refractivity (Wildman–Crippen MR) is 28.3 cm³/mol. The Hall–Kier alpha value is -0.570. The van der Waals surface area contributed by atoms with E-state index in [1.54, 1.807) is 0 Å². The smallest absolute Gasteiger partial charge is 0.295 e. The number of carbonyl (C=O) groups is 1. The lowest BCUT2D eigenvalue weighted by molar-refractivity contribution is -0.140. The van der Waals surface area contributed by atoms with Gasteiger partial charge in [-0.25, -0.2) is 0 Å². The zero-order chi connectivity index (χ0) is 6.24. The summed E-state index contributed by atoms with van der Waals surface area (Å²) < 4.78 is 9.00. The zero-order valence-corrected chi connectivity index (χ0v) is 4.92. The Bertz CT molecular complexity index is 53.6. The molecule has 0 aromatic heterocycles. The van der Waals surface area contributed by atoms with E-state index in [1.807, 2.05) is 6.92 Å². The highest BCUT2D eigenvalue weighted by atomic mass is 16.7. The second-order valence-corrected chi connectivity index (χ2v) is 1.29. The van der Waals surface area contributed by atoms with Crippen LogP contribution in [0.2, 0.25) is 0 Å². The quantitative estimate of drug-likeness (QED) is 0.300. The van der Waals surface area contributed by atoms with Crippen LogP contribution >= 0.6 is 0 Å². The van der Waals surface area contributed by atoms with Crippen LogP contribution in [0, 0.1) is 0 Å². The van der Waals surface area contributed by atoms with E-state index < -0.39 is 0 Å². The van der Waals surface area contributed by atoms with Crippen LogP contribution in [0.25, 0.3) is 0 Å². The Morgan fingerprint density at radius 1 is 1.62 bits per heavy atom. The van der Waals surface area contributed by atoms with Gasteiger partial charge in [0, 0.05) is 0 Å². The first kappa shape index (κ1) is 7.43. The number of carbonyl (C=O) groups excluding carboxylic acids is 1. The molecule has 0 aliphatic carbocycles. The minimum absolute atomic E-state index is 0.0807. The van der Waals surface area contributed by atoms with E-state index in [0.717, 1.165) is 6.42 Å². The third-order valence-electron chi connectivity index (χ3n) is 0.568. The molecule has 8 heavy (non-hydrogen) atoms. The third kappa shape index (κ3) is 5.43. The van der Waals surface area contributed by atoms with Crippen LogP contribution in [-0.4, -0.2) is 19.9 Å². The molecule has 0 spiro atoms. The molecule has 0 aliphatic rings. The first-order valence-corrected chi connectivity index (χ1v) is 2.54. The van der Waals surface area contributed by atoms with Gasteiger partial charge in [0.25, 0.3) is 6.47 Å². The van der Waals surface area contributed by atoms with Gasteiger partial charge >= 0.3 is 0 Å². The minimum Gasteiger partial charge on any atom is -0.441 e. The summed E-state index contributed by atoms with van der Waals surface area (Å²) in [5.74, 6) is 0. The van der Waals surface area contributed by atoms with Gasteiger partial charge in [-0.2, -0.15) is 0 Å². The lowest BCUT2D eigenvalue weighted by Gasteiger charge is -1.96. The predicted octanol–water partition coefficient (Wildman–Crippen LogP) is 0.543. The molecular weight excluding hydrogens is 108 g/mol. The van der Waals surface area contributed by atoms with E-state index in [1.165, 1.54) is 0 Å². The van der Waals surface area contributed by atoms with E-state index in [9.17, 15) is 4.79 Å². The zero-order valence-electron chi connectivity index (χ0n) is 4.92. The molecule has 0 saturated carbocycles. The summed E-state index contributed by atoms with van der Waals surface area (Å²) in [6.45, 7) is 3.09. The Balaban J connectivity index is 2.62. The number of hydrogen-bond donors (Lipinski definition) is 0. The van der Waals surface area contributed by atoms with Gasteiger partial charge in [0.15, 0.2) is 6.79 Å². The topological polar surface area (TPSA) is 35.5 Å². The van der Waals surface area contributed by atoms with Crippen LogP contribution in [0.3, 0.4) is 0 Å². The second-order valence-electron chi connectivity index (χ2n) is 1.29. The molecule has 0 amide bonds. The first-order chi connectivity index (χ1) is 3.91. The van der Waals surface area contributed by atoms with Crippen molar-refractivity contribution < 1.29 is 14.3 Å². The highest BCUT2D eigenvalue weighted by Crippen LogP contribution is 1.78. The summed E-state index contributed by atoms with van der Waals surface area (Å²) in [6.07, 6.45) is 0.947. The summed E-state index contributed by atoms with van der Waals surface area (Å²) in [4.78, 5) is 9.47. The maximum atomic E-state index is 9.47. The Kier molecular flexibility index (Phi) is 5.97. The molecule has 0 heterocycles. The van der Waals surface area contributed by atoms with Gasteiger partial charge in [-0.3, -0.25) is 4.79 Å². The monoisotopic (exact) mass is 118 g/mol. The van der Waals surface area contributed by atoms with Crippen molar-refractivity contribution in [3.63, 3.8) is 0 Å². The van der Waals surface area contributed by atoms with E-state index in [4.69, 9.17) is 4.74 Å². The molecule has 0 aliphatic heterocycles. The van der Waals surface area contributed by atoms with Crippen LogP contribution in [0.5, 0.6) is 0 Å². The third-order valence-corrected chi connectivity index (χ3v) is 0.568. The standard InChI is InChI=1S/C5H10O3/c1-2-3-7-5-8-4-6/h4H,2-3,5H2,1H3. The van der Waals surface area contributed by atoms with E-state index in [-0.39, 0.29) is 6.79 Å². The maximum Gasteiger partial charge on any atom is 0.295 e. The van der Waals surface area contributed by atoms with Crippen LogP contribution in [0.1, 0.15) is 13.3 Å². The summed E-state index contributed by atoms with van der Waals surface area (Å²) in [6, 6.07) is 0. The lowest BCUT2D eigenvalue weighted by atomic mass is 10.5. The van der Waals surface area contributed by atoms with E-state index in [0.29, 0.717) is 13.1 Å². The number of rotatable bonds is 5. The molecular formula is C5H10O3. The Morgan fingerprint density at radius 3 is 2.88 bits per heavy atom. The summed E-state index contributed by atoms with van der Waals surface area (Å²) in [7, 11) is 0. The molecule has 0 aromatic rings. The molecule has 0 atom stereocenters. The largest absolute Gasteiger partial charge is 0.441 e. The van der Waals surface area contributed by atoms with Gasteiger partial charge in [-0.05, 0) is 6.42 Å². The molecule has 3 heteroatoms. The first-order valence-electron chi connectivity index (χ1n) is 2.54. The molecule has 0 radical (unpaired) electrons. The van der Waals surface area contributed by atoms with E-state index >= 15 is 0 Å². The van der Waals surface area contributed by atoms with Crippen molar-refractivity contribution in [1.82, 2.24) is 0 Å². The van der Waals surface area contributed by atoms with Crippen molar-refractivity contribution in [3.05, 3.63) is 0 Å². The van der Waals surface area contributed by atoms with Crippen molar-refractivity contribution in [1.29, 1.82) is 0 Å². The minimum atomic E-state index is 0.0807. The summed E-state index contributed by atoms with van der Waals surface area (Å²) in [5, 5.41) is 0. The van der Waals surface area contributed by atoms with Crippen LogP contribution in [0.4, 0.5) is 0 Å². The molecule has 0 bridgehead atoms. The average Bonchev–Trinajstić information content (AvgIpc) is 1.81. The van der Waals surface area contributed by atoms with Crippen molar-refractivity contribution in [2.24, 2.45) is 0 Å². The second kappa shape index (κ2) is 6.43. The fourth-order valence-corrected chi connectivity index (χ4v) is 0.279. The Morgan fingerprint density at radius 2 is 2.38 bits per heavy atom. The fraction of sp³-hybridized carbons (Fsp3) is 0.800. The molecule has 0 fully saturated rings. The number of hydrogen-bond acceptors (Lipinski definition) is 3. The van der Waals surface area contributed by atoms with Crippen molar-refractivity contribution in [2.75, 3.05) is 13.4 Å². The normalized spacial score (nSPS) is 8.62. The molecule has 3 nitrogen and oxygen atoms in total. The summed E-state index contributed by atoms with van der Waals surface area (Å²) in [5.41, 5.74) is 0. The van der Waals surface area contributed by atoms with E-state index in [2.05, 4.69) is 4.74 Å². The Labute approximate surface area is 48.6 Å². The lowest BCUT2D eigenvalue weighted by Crippen LogP contribution is -1.98. The molecule has 0 saturated heterocycles. The van der Waals surface area contributed by atoms with Gasteiger partial charge in [0.2, 0.25) is 0 Å². The van der Waals surface area contributed by atoms with Gasteiger partial charge < -0.3 is 9.47 Å². The number of ether oxygens (including phenoxy) is 2. The van der Waals surface area contributed by atoms with Crippen molar-refractivity contribution in [2.45, 2.75) is 13.3 Å². The maximum absolute atomic E-state index is 9.47. The van der Waals surface area contributed by atoms with Crippen molar-refractivity contribution >= 4 is 6.47 Å². The van der Waals surface area contributed by atoms with Crippen LogP contribution in [-0.2, 0) is 14.3 Å². The molecule has 0 N–H and O–H groups in total. The van der Waals surface area contributed by atoms with Gasteiger partial charge in [-0.15, -0.1) is 0 Å². The van der Waals surface area contributed by atoms with Gasteiger partial charge in [-0.1, -0.05) is 6.92 Å². The average molecular weight is 118 g/mol. The van der Waals surface area contributed by atoms with Gasteiger partial charge in [0.05, 0.1) is 6.61 Å². The molecule has 0 unspecified atom stereocenters. The van der Waals surface area contributed by atoms with Crippen LogP contribution < -0.4 is 0 Å². The fourth-order valence-electron chi connectivity index (χ4n) is 0.279. The highest BCUT2D eigenvalue weighted by Gasteiger charge is 1.80.